The van der Waals surface area contributed by atoms with E-state index >= 15 is 0 Å². The summed E-state index contributed by atoms with van der Waals surface area (Å²) in [6, 6.07) is 9.36. The molecule has 0 unspecified atom stereocenters. The second kappa shape index (κ2) is 10.0. The molecule has 2 aromatic rings. The van der Waals surface area contributed by atoms with Crippen LogP contribution in [0.25, 0.3) is 11.1 Å². The maximum atomic E-state index is 12.4. The highest BCUT2D eigenvalue weighted by Gasteiger charge is 2.32. The van der Waals surface area contributed by atoms with Crippen molar-refractivity contribution >= 4 is 11.8 Å². The fraction of sp³-hybridized carbons (Fsp3) is 0.440. The highest BCUT2D eigenvalue weighted by Crippen LogP contribution is 2.45. The van der Waals surface area contributed by atoms with Crippen LogP contribution in [0.4, 0.5) is 4.39 Å². The molecule has 0 amide bonds. The van der Waals surface area contributed by atoms with Gasteiger partial charge < -0.3 is 18.9 Å². The van der Waals surface area contributed by atoms with E-state index in [-0.39, 0.29) is 25.4 Å². The minimum Gasteiger partial charge on any atom is -0.493 e. The van der Waals surface area contributed by atoms with Crippen LogP contribution in [-0.4, -0.2) is 45.9 Å². The monoisotopic (exact) mass is 444 g/mol. The van der Waals surface area contributed by atoms with Crippen molar-refractivity contribution < 1.29 is 32.9 Å². The van der Waals surface area contributed by atoms with E-state index in [2.05, 4.69) is 0 Å². The number of alkyl halides is 1. The van der Waals surface area contributed by atoms with Gasteiger partial charge in [0.05, 0.1) is 32.9 Å². The first-order valence-corrected chi connectivity index (χ1v) is 10.6. The average Bonchev–Trinajstić information content (AvgIpc) is 3.16. The van der Waals surface area contributed by atoms with Crippen LogP contribution in [0, 0.1) is 5.41 Å². The Morgan fingerprint density at radius 1 is 1.03 bits per heavy atom. The Labute approximate surface area is 187 Å². The average molecular weight is 444 g/mol. The smallest absolute Gasteiger partial charge is 0.314 e. The van der Waals surface area contributed by atoms with Crippen LogP contribution in [0.2, 0.25) is 0 Å². The van der Waals surface area contributed by atoms with Crippen LogP contribution in [-0.2, 0) is 16.0 Å². The summed E-state index contributed by atoms with van der Waals surface area (Å²) in [6.45, 7) is 2.92. The number of ether oxygens (including phenoxy) is 4. The summed E-state index contributed by atoms with van der Waals surface area (Å²) in [5.74, 6) is 1.02. The molecular formula is C25H29FO6. The molecule has 0 heterocycles. The number of benzene rings is 2. The van der Waals surface area contributed by atoms with Crippen molar-refractivity contribution in [1.82, 2.24) is 0 Å². The fourth-order valence-electron chi connectivity index (χ4n) is 3.62. The van der Waals surface area contributed by atoms with Crippen molar-refractivity contribution in [2.24, 2.45) is 5.41 Å². The minimum atomic E-state index is -0.966. The van der Waals surface area contributed by atoms with E-state index in [0.717, 1.165) is 22.3 Å². The lowest BCUT2D eigenvalue weighted by molar-refractivity contribution is -0.155. The van der Waals surface area contributed by atoms with Crippen molar-refractivity contribution in [3.8, 4) is 28.4 Å². The van der Waals surface area contributed by atoms with E-state index < -0.39 is 18.1 Å². The zero-order chi connectivity index (χ0) is 23.3. The molecule has 3 rings (SSSR count). The van der Waals surface area contributed by atoms with E-state index in [1.54, 1.807) is 19.9 Å². The SMILES string of the molecule is COc1ccc(-c2ccc3c(c2)CCC3=O)c(OCC(C)(C)C(=O)OCCCF)c1OC. The number of esters is 1. The maximum absolute atomic E-state index is 12.4. The van der Waals surface area contributed by atoms with Gasteiger partial charge in [-0.05, 0) is 43.5 Å². The first kappa shape index (κ1) is 23.6. The Morgan fingerprint density at radius 2 is 1.78 bits per heavy atom. The van der Waals surface area contributed by atoms with E-state index in [1.165, 1.54) is 14.2 Å². The highest BCUT2D eigenvalue weighted by atomic mass is 19.1. The lowest BCUT2D eigenvalue weighted by Gasteiger charge is -2.25. The summed E-state index contributed by atoms with van der Waals surface area (Å²) in [5.41, 5.74) is 2.43. The van der Waals surface area contributed by atoms with Crippen molar-refractivity contribution in [3.05, 3.63) is 41.5 Å². The lowest BCUT2D eigenvalue weighted by atomic mass is 9.95. The number of carbonyl (C=O) groups is 2. The van der Waals surface area contributed by atoms with E-state index in [0.29, 0.717) is 30.1 Å². The van der Waals surface area contributed by atoms with Crippen LogP contribution < -0.4 is 14.2 Å². The zero-order valence-corrected chi connectivity index (χ0v) is 19.0. The topological polar surface area (TPSA) is 71.1 Å². The number of halogens is 1. The molecule has 0 saturated heterocycles. The Kier molecular flexibility index (Phi) is 7.38. The van der Waals surface area contributed by atoms with Gasteiger partial charge in [0.25, 0.3) is 0 Å². The van der Waals surface area contributed by atoms with Gasteiger partial charge in [0, 0.05) is 24.0 Å². The van der Waals surface area contributed by atoms with Crippen LogP contribution in [0.1, 0.15) is 42.6 Å². The van der Waals surface area contributed by atoms with Gasteiger partial charge in [0.2, 0.25) is 5.75 Å². The van der Waals surface area contributed by atoms with E-state index in [1.807, 2.05) is 24.3 Å². The molecule has 2 aromatic carbocycles. The number of carbonyl (C=O) groups excluding carboxylic acids is 2. The van der Waals surface area contributed by atoms with Crippen LogP contribution in [0.3, 0.4) is 0 Å². The number of fused-ring (bicyclic) bond motifs is 1. The Bertz CT molecular complexity index is 998. The number of hydrogen-bond donors (Lipinski definition) is 0. The minimum absolute atomic E-state index is 0.0153. The summed E-state index contributed by atoms with van der Waals surface area (Å²) in [6.07, 6.45) is 1.40. The van der Waals surface area contributed by atoms with Gasteiger partial charge in [-0.25, -0.2) is 0 Å². The fourth-order valence-corrected chi connectivity index (χ4v) is 3.62. The van der Waals surface area contributed by atoms with Gasteiger partial charge in [0.15, 0.2) is 17.3 Å². The Morgan fingerprint density at radius 3 is 2.47 bits per heavy atom. The number of rotatable bonds is 10. The van der Waals surface area contributed by atoms with Crippen LogP contribution in [0.15, 0.2) is 30.3 Å². The third-order valence-corrected chi connectivity index (χ3v) is 5.48. The van der Waals surface area contributed by atoms with Gasteiger partial charge >= 0.3 is 5.97 Å². The van der Waals surface area contributed by atoms with Gasteiger partial charge in [0.1, 0.15) is 6.61 Å². The molecule has 0 atom stereocenters. The molecule has 6 nitrogen and oxygen atoms in total. The predicted molar refractivity (Wildman–Crippen MR) is 118 cm³/mol. The Hall–Kier alpha value is -3.09. The summed E-state index contributed by atoms with van der Waals surface area (Å²) < 4.78 is 34.6. The van der Waals surface area contributed by atoms with Crippen molar-refractivity contribution in [2.45, 2.75) is 33.1 Å². The van der Waals surface area contributed by atoms with Crippen LogP contribution >= 0.6 is 0 Å². The van der Waals surface area contributed by atoms with E-state index in [4.69, 9.17) is 18.9 Å². The number of methoxy groups -OCH3 is 2. The zero-order valence-electron chi connectivity index (χ0n) is 19.0. The Balaban J connectivity index is 1.93. The standard InChI is InChI=1S/C25H29FO6/c1-25(2,24(28)31-13-5-12-26)15-32-22-19(9-11-21(29-3)23(22)30-4)17-6-8-18-16(14-17)7-10-20(18)27/h6,8-9,11,14H,5,7,10,12-13,15H2,1-4H3. The predicted octanol–water partition coefficient (Wildman–Crippen LogP) is 4.81. The molecule has 1 aliphatic rings. The largest absolute Gasteiger partial charge is 0.493 e. The van der Waals surface area contributed by atoms with Gasteiger partial charge in [-0.1, -0.05) is 18.2 Å². The first-order valence-electron chi connectivity index (χ1n) is 10.6. The van der Waals surface area contributed by atoms with Crippen LogP contribution in [0.5, 0.6) is 17.2 Å². The molecule has 32 heavy (non-hydrogen) atoms. The summed E-state index contributed by atoms with van der Waals surface area (Å²) in [5, 5.41) is 0. The van der Waals surface area contributed by atoms with Gasteiger partial charge in [-0.15, -0.1) is 0 Å². The molecular weight excluding hydrogens is 415 g/mol. The quantitative estimate of drug-likeness (QED) is 0.387. The molecule has 0 aromatic heterocycles. The van der Waals surface area contributed by atoms with Crippen molar-refractivity contribution in [1.29, 1.82) is 0 Å². The first-order chi connectivity index (χ1) is 15.3. The van der Waals surface area contributed by atoms with Crippen molar-refractivity contribution in [3.63, 3.8) is 0 Å². The molecule has 0 radical (unpaired) electrons. The summed E-state index contributed by atoms with van der Waals surface area (Å²) in [7, 11) is 3.06. The molecule has 0 saturated carbocycles. The summed E-state index contributed by atoms with van der Waals surface area (Å²) >= 11 is 0. The second-order valence-electron chi connectivity index (χ2n) is 8.32. The second-order valence-corrected chi connectivity index (χ2v) is 8.32. The molecule has 0 aliphatic heterocycles. The third kappa shape index (κ3) is 4.87. The molecule has 1 aliphatic carbocycles. The summed E-state index contributed by atoms with van der Waals surface area (Å²) in [4.78, 5) is 24.4. The maximum Gasteiger partial charge on any atom is 0.314 e. The number of aryl methyl sites for hydroxylation is 1. The molecule has 0 fully saturated rings. The molecule has 172 valence electrons. The highest BCUT2D eigenvalue weighted by molar-refractivity contribution is 6.01. The molecule has 7 heteroatoms. The number of hydrogen-bond acceptors (Lipinski definition) is 6. The number of ketones is 1. The molecule has 0 N–H and O–H groups in total. The van der Waals surface area contributed by atoms with E-state index in [9.17, 15) is 14.0 Å². The molecule has 0 spiro atoms. The lowest BCUT2D eigenvalue weighted by Crippen LogP contribution is -2.33. The molecule has 0 bridgehead atoms. The number of Topliss-reactive ketones (excluding diaryl/α,β-unsaturated/α-hetero) is 1. The van der Waals surface area contributed by atoms with Gasteiger partial charge in [-0.3, -0.25) is 14.0 Å². The van der Waals surface area contributed by atoms with Gasteiger partial charge in [-0.2, -0.15) is 0 Å². The third-order valence-electron chi connectivity index (χ3n) is 5.48. The normalized spacial score (nSPS) is 13.0. The van der Waals surface area contributed by atoms with Crippen molar-refractivity contribution in [2.75, 3.05) is 34.1 Å².